The van der Waals surface area contributed by atoms with Crippen LogP contribution in [0.2, 0.25) is 0 Å². The second-order valence-corrected chi connectivity index (χ2v) is 7.18. The number of benzene rings is 2. The van der Waals surface area contributed by atoms with Crippen LogP contribution in [0.4, 0.5) is 0 Å². The molecule has 0 radical (unpaired) electrons. The normalized spacial score (nSPS) is 10.9. The fourth-order valence-electron chi connectivity index (χ4n) is 1.56. The third-order valence-electron chi connectivity index (χ3n) is 2.37. The van der Waals surface area contributed by atoms with Crippen LogP contribution >= 0.6 is 0 Å². The van der Waals surface area contributed by atoms with E-state index in [0.717, 1.165) is 0 Å². The van der Waals surface area contributed by atoms with Crippen molar-refractivity contribution in [2.75, 3.05) is 0 Å². The molecule has 0 aliphatic carbocycles. The van der Waals surface area contributed by atoms with Crippen LogP contribution in [0, 0.1) is 0 Å². The first-order valence-corrected chi connectivity index (χ1v) is 9.26. The molecule has 2 aromatic rings. The minimum atomic E-state index is -4.13. The van der Waals surface area contributed by atoms with Crippen molar-refractivity contribution < 1.29 is 47.0 Å². The summed E-state index contributed by atoms with van der Waals surface area (Å²) in [5, 5.41) is 0. The van der Waals surface area contributed by atoms with Crippen molar-refractivity contribution in [3.05, 3.63) is 71.8 Å². The Hall–Kier alpha value is -1.05. The largest absolute Gasteiger partial charge is 2.00 e. The maximum Gasteiger partial charge on any atom is 2.00 e. The molecule has 0 N–H and O–H groups in total. The van der Waals surface area contributed by atoms with Gasteiger partial charge in [-0.15, -0.1) is 0 Å². The predicted molar refractivity (Wildman–Crippen MR) is 79.7 cm³/mol. The maximum atomic E-state index is 10.2. The van der Waals surface area contributed by atoms with E-state index in [9.17, 15) is 25.9 Å². The molecular weight excluding hydrogens is 523 g/mol. The van der Waals surface area contributed by atoms with E-state index >= 15 is 0 Å². The van der Waals surface area contributed by atoms with Gasteiger partial charge in [-0.3, -0.25) is 0 Å². The first-order valence-electron chi connectivity index (χ1n) is 6.11. The molecule has 2 rings (SSSR count). The van der Waals surface area contributed by atoms with Crippen LogP contribution in [0.3, 0.4) is 0 Å². The summed E-state index contributed by atoms with van der Waals surface area (Å²) >= 11 is 0. The van der Waals surface area contributed by atoms with Crippen molar-refractivity contribution in [1.82, 2.24) is 0 Å². The first-order chi connectivity index (χ1) is 10.2. The smallest absolute Gasteiger partial charge is 0.748 e. The van der Waals surface area contributed by atoms with Crippen LogP contribution in [0.5, 0.6) is 0 Å². The summed E-state index contributed by atoms with van der Waals surface area (Å²) in [6.07, 6.45) is 0. The molecule has 23 heavy (non-hydrogen) atoms. The molecule has 0 spiro atoms. The average Bonchev–Trinajstić information content (AvgIpc) is 2.38. The van der Waals surface area contributed by atoms with Gasteiger partial charge in [-0.25, -0.2) is 16.8 Å². The minimum absolute atomic E-state index is 0. The molecule has 0 fully saturated rings. The van der Waals surface area contributed by atoms with Crippen LogP contribution in [-0.4, -0.2) is 25.9 Å². The fourth-order valence-corrected chi connectivity index (χ4v) is 2.76. The van der Waals surface area contributed by atoms with E-state index in [2.05, 4.69) is 0 Å². The third-order valence-corrected chi connectivity index (χ3v) is 3.75. The molecule has 2 aromatic carbocycles. The SMILES string of the molecule is O=S(=O)([O-])Cc1ccccc1.O=S(=O)([O-])Cc1ccccc1.[Pt+2]. The molecule has 0 aliphatic heterocycles. The standard InChI is InChI=1S/2C7H8O3S.Pt/c2*8-11(9,10)6-7-4-2-1-3-5-7;/h2*1-5H,6H2,(H,8,9,10);/q;;+2/p-2. The Kier molecular flexibility index (Phi) is 9.49. The fraction of sp³-hybridized carbons (Fsp3) is 0.143. The predicted octanol–water partition coefficient (Wildman–Crippen LogP) is 1.46. The van der Waals surface area contributed by atoms with Gasteiger partial charge in [0.15, 0.2) is 0 Å². The molecule has 0 aliphatic rings. The summed E-state index contributed by atoms with van der Waals surface area (Å²) in [4.78, 5) is 0. The Labute approximate surface area is 150 Å². The summed E-state index contributed by atoms with van der Waals surface area (Å²) in [6.45, 7) is 0. The van der Waals surface area contributed by atoms with Gasteiger partial charge in [0.05, 0.1) is 31.7 Å². The van der Waals surface area contributed by atoms with Gasteiger partial charge < -0.3 is 9.11 Å². The van der Waals surface area contributed by atoms with Gasteiger partial charge in [-0.1, -0.05) is 60.7 Å². The van der Waals surface area contributed by atoms with Gasteiger partial charge in [-0.2, -0.15) is 0 Å². The number of hydrogen-bond acceptors (Lipinski definition) is 6. The molecule has 0 bridgehead atoms. The van der Waals surface area contributed by atoms with Crippen molar-refractivity contribution in [3.8, 4) is 0 Å². The van der Waals surface area contributed by atoms with Crippen molar-refractivity contribution in [1.29, 1.82) is 0 Å². The van der Waals surface area contributed by atoms with Crippen LogP contribution in [0.25, 0.3) is 0 Å². The van der Waals surface area contributed by atoms with E-state index in [-0.39, 0.29) is 21.1 Å². The second kappa shape index (κ2) is 9.95. The molecule has 9 heteroatoms. The van der Waals surface area contributed by atoms with Crippen LogP contribution in [0.15, 0.2) is 60.7 Å². The molecule has 0 aromatic heterocycles. The van der Waals surface area contributed by atoms with Gasteiger partial charge in [0, 0.05) is 0 Å². The minimum Gasteiger partial charge on any atom is -0.748 e. The Morgan fingerprint density at radius 2 is 0.870 bits per heavy atom. The van der Waals surface area contributed by atoms with Gasteiger partial charge in [0.25, 0.3) is 0 Å². The molecule has 0 saturated carbocycles. The zero-order valence-electron chi connectivity index (χ0n) is 11.8. The zero-order valence-corrected chi connectivity index (χ0v) is 15.7. The summed E-state index contributed by atoms with van der Waals surface area (Å²) in [5.41, 5.74) is 1.06. The van der Waals surface area contributed by atoms with Crippen LogP contribution < -0.4 is 0 Å². The van der Waals surface area contributed by atoms with Crippen molar-refractivity contribution in [3.63, 3.8) is 0 Å². The molecule has 0 unspecified atom stereocenters. The summed E-state index contributed by atoms with van der Waals surface area (Å²) in [7, 11) is -8.25. The van der Waals surface area contributed by atoms with E-state index in [1.165, 1.54) is 0 Å². The molecule has 0 saturated heterocycles. The van der Waals surface area contributed by atoms with Crippen molar-refractivity contribution in [2.24, 2.45) is 0 Å². The van der Waals surface area contributed by atoms with Gasteiger partial charge in [0.1, 0.15) is 0 Å². The van der Waals surface area contributed by atoms with E-state index in [0.29, 0.717) is 11.1 Å². The summed E-state index contributed by atoms with van der Waals surface area (Å²) in [6, 6.07) is 16.7. The van der Waals surface area contributed by atoms with E-state index in [1.807, 2.05) is 0 Å². The van der Waals surface area contributed by atoms with Crippen LogP contribution in [0.1, 0.15) is 11.1 Å². The number of hydrogen-bond donors (Lipinski definition) is 0. The Balaban J connectivity index is 0.000000403. The molecule has 0 amide bonds. The topological polar surface area (TPSA) is 114 Å². The molecule has 6 nitrogen and oxygen atoms in total. The number of rotatable bonds is 4. The van der Waals surface area contributed by atoms with Crippen molar-refractivity contribution in [2.45, 2.75) is 11.5 Å². The first kappa shape index (κ1) is 21.9. The Morgan fingerprint density at radius 3 is 1.09 bits per heavy atom. The van der Waals surface area contributed by atoms with Gasteiger partial charge in [-0.05, 0) is 11.1 Å². The molecule has 0 heterocycles. The van der Waals surface area contributed by atoms with E-state index < -0.39 is 31.7 Å². The molecule has 0 atom stereocenters. The van der Waals surface area contributed by atoms with Gasteiger partial charge >= 0.3 is 21.1 Å². The van der Waals surface area contributed by atoms with Crippen LogP contribution in [-0.2, 0) is 52.8 Å². The summed E-state index contributed by atoms with van der Waals surface area (Å²) < 4.78 is 61.5. The third kappa shape index (κ3) is 12.1. The molecule has 128 valence electrons. The Morgan fingerprint density at radius 1 is 0.609 bits per heavy atom. The monoisotopic (exact) mass is 537 g/mol. The summed E-state index contributed by atoms with van der Waals surface area (Å²) in [5.74, 6) is -0.846. The van der Waals surface area contributed by atoms with Gasteiger partial charge in [0.2, 0.25) is 0 Å². The van der Waals surface area contributed by atoms with Crippen molar-refractivity contribution >= 4 is 20.2 Å². The Bertz CT molecular complexity index is 705. The maximum absolute atomic E-state index is 10.2. The average molecular weight is 537 g/mol. The second-order valence-electron chi connectivity index (χ2n) is 4.38. The van der Waals surface area contributed by atoms with E-state index in [1.54, 1.807) is 60.7 Å². The zero-order chi connectivity index (χ0) is 16.6. The quantitative estimate of drug-likeness (QED) is 0.546. The molecular formula is C14H14O6PtS2. The van der Waals surface area contributed by atoms with E-state index in [4.69, 9.17) is 0 Å².